The molecule has 2 N–H and O–H groups in total. The number of carbonyl (C=O) groups is 2. The number of hydrogen-bond acceptors (Lipinski definition) is 4. The average Bonchev–Trinajstić information content (AvgIpc) is 2.81. The maximum atomic E-state index is 11.5. The zero-order valence-corrected chi connectivity index (χ0v) is 11.5. The highest BCUT2D eigenvalue weighted by molar-refractivity contribution is 14.1. The fourth-order valence-corrected chi connectivity index (χ4v) is 1.95. The number of imide groups is 1. The van der Waals surface area contributed by atoms with Gasteiger partial charge >= 0.3 is 6.03 Å². The van der Waals surface area contributed by atoms with Crippen molar-refractivity contribution in [2.24, 2.45) is 0 Å². The molecule has 96 valence electrons. The third kappa shape index (κ3) is 3.65. The maximum absolute atomic E-state index is 11.5. The quantitative estimate of drug-likeness (QED) is 0.778. The van der Waals surface area contributed by atoms with Crippen LogP contribution in [0, 0.1) is 3.57 Å². The van der Waals surface area contributed by atoms with E-state index in [-0.39, 0.29) is 13.4 Å². The zero-order chi connectivity index (χ0) is 13.0. The van der Waals surface area contributed by atoms with Crippen molar-refractivity contribution in [2.45, 2.75) is 6.10 Å². The van der Waals surface area contributed by atoms with Gasteiger partial charge in [-0.05, 0) is 40.8 Å². The van der Waals surface area contributed by atoms with E-state index >= 15 is 0 Å². The molecular formula is C11H11IN2O4. The van der Waals surface area contributed by atoms with Gasteiger partial charge in [-0.1, -0.05) is 6.07 Å². The molecule has 1 aliphatic rings. The van der Waals surface area contributed by atoms with E-state index in [4.69, 9.17) is 9.47 Å². The lowest BCUT2D eigenvalue weighted by molar-refractivity contribution is -0.128. The molecule has 0 aromatic heterocycles. The van der Waals surface area contributed by atoms with Crippen molar-refractivity contribution in [2.75, 3.05) is 18.7 Å². The van der Waals surface area contributed by atoms with Crippen molar-refractivity contribution in [1.82, 2.24) is 5.32 Å². The van der Waals surface area contributed by atoms with Crippen LogP contribution < -0.4 is 10.6 Å². The van der Waals surface area contributed by atoms with Gasteiger partial charge in [-0.25, -0.2) is 4.79 Å². The van der Waals surface area contributed by atoms with Crippen LogP contribution in [-0.2, 0) is 14.3 Å². The molecular weight excluding hydrogens is 351 g/mol. The molecule has 1 fully saturated rings. The van der Waals surface area contributed by atoms with Gasteiger partial charge in [-0.2, -0.15) is 0 Å². The second kappa shape index (κ2) is 6.12. The normalized spacial score (nSPS) is 18.4. The van der Waals surface area contributed by atoms with Gasteiger partial charge in [-0.15, -0.1) is 0 Å². The van der Waals surface area contributed by atoms with E-state index in [1.54, 1.807) is 12.1 Å². The van der Waals surface area contributed by atoms with Gasteiger partial charge in [-0.3, -0.25) is 10.1 Å². The second-order valence-corrected chi connectivity index (χ2v) is 4.84. The summed E-state index contributed by atoms with van der Waals surface area (Å²) in [6, 6.07) is 6.66. The first-order valence-electron chi connectivity index (χ1n) is 5.22. The Balaban J connectivity index is 1.86. The van der Waals surface area contributed by atoms with Crippen molar-refractivity contribution < 1.29 is 19.1 Å². The Morgan fingerprint density at radius 3 is 2.89 bits per heavy atom. The molecule has 7 heteroatoms. The first-order valence-corrected chi connectivity index (χ1v) is 6.30. The summed E-state index contributed by atoms with van der Waals surface area (Å²) in [6.07, 6.45) is -0.716. The number of anilines is 1. The minimum Gasteiger partial charge on any atom is -0.352 e. The molecule has 6 nitrogen and oxygen atoms in total. The summed E-state index contributed by atoms with van der Waals surface area (Å²) in [7, 11) is 0. The summed E-state index contributed by atoms with van der Waals surface area (Å²) >= 11 is 2.13. The molecule has 0 aliphatic carbocycles. The van der Waals surface area contributed by atoms with Gasteiger partial charge < -0.3 is 14.8 Å². The highest BCUT2D eigenvalue weighted by atomic mass is 127. The van der Waals surface area contributed by atoms with Crippen molar-refractivity contribution in [1.29, 1.82) is 0 Å². The molecule has 1 aromatic carbocycles. The lowest BCUT2D eigenvalue weighted by Crippen LogP contribution is -2.41. The molecule has 1 heterocycles. The van der Waals surface area contributed by atoms with Gasteiger partial charge in [0.2, 0.25) is 0 Å². The molecule has 18 heavy (non-hydrogen) atoms. The van der Waals surface area contributed by atoms with Gasteiger partial charge in [0.1, 0.15) is 6.79 Å². The molecule has 3 amide bonds. The predicted octanol–water partition coefficient (Wildman–Crippen LogP) is 1.31. The Morgan fingerprint density at radius 2 is 2.22 bits per heavy atom. The minimum atomic E-state index is -0.716. The Hall–Kier alpha value is -1.19. The first-order chi connectivity index (χ1) is 8.65. The molecule has 1 aromatic rings. The molecule has 1 saturated heterocycles. The van der Waals surface area contributed by atoms with E-state index in [0.717, 1.165) is 3.57 Å². The van der Waals surface area contributed by atoms with Gasteiger partial charge in [0.25, 0.3) is 5.91 Å². The summed E-state index contributed by atoms with van der Waals surface area (Å²) in [4.78, 5) is 23.1. The van der Waals surface area contributed by atoms with E-state index in [2.05, 4.69) is 33.2 Å². The molecule has 0 bridgehead atoms. The Morgan fingerprint density at radius 1 is 1.39 bits per heavy atom. The van der Waals surface area contributed by atoms with Crippen LogP contribution in [-0.4, -0.2) is 31.4 Å². The van der Waals surface area contributed by atoms with Gasteiger partial charge in [0, 0.05) is 9.26 Å². The van der Waals surface area contributed by atoms with Crippen molar-refractivity contribution in [3.05, 3.63) is 27.8 Å². The van der Waals surface area contributed by atoms with E-state index in [1.807, 2.05) is 12.1 Å². The monoisotopic (exact) mass is 362 g/mol. The number of hydrogen-bond donors (Lipinski definition) is 2. The lowest BCUT2D eigenvalue weighted by atomic mass is 10.3. The average molecular weight is 362 g/mol. The van der Waals surface area contributed by atoms with Crippen LogP contribution >= 0.6 is 22.6 Å². The Labute approximate surface area is 117 Å². The zero-order valence-electron chi connectivity index (χ0n) is 9.31. The van der Waals surface area contributed by atoms with Crippen LogP contribution in [0.25, 0.3) is 0 Å². The van der Waals surface area contributed by atoms with Crippen LogP contribution in [0.4, 0.5) is 10.5 Å². The number of carbonyl (C=O) groups excluding carboxylic acids is 2. The molecule has 0 spiro atoms. The van der Waals surface area contributed by atoms with E-state index < -0.39 is 18.0 Å². The highest BCUT2D eigenvalue weighted by Crippen LogP contribution is 2.12. The summed E-state index contributed by atoms with van der Waals surface area (Å²) < 4.78 is 10.8. The van der Waals surface area contributed by atoms with Crippen molar-refractivity contribution in [3.63, 3.8) is 0 Å². The first kappa shape index (κ1) is 13.2. The van der Waals surface area contributed by atoms with Gasteiger partial charge in [0.05, 0.1) is 6.61 Å². The van der Waals surface area contributed by atoms with Crippen LogP contribution in [0.5, 0.6) is 0 Å². The van der Waals surface area contributed by atoms with Crippen LogP contribution in [0.15, 0.2) is 24.3 Å². The Kier molecular flexibility index (Phi) is 4.50. The molecule has 1 atom stereocenters. The van der Waals surface area contributed by atoms with Crippen LogP contribution in [0.1, 0.15) is 0 Å². The predicted molar refractivity (Wildman–Crippen MR) is 72.0 cm³/mol. The maximum Gasteiger partial charge on any atom is 0.325 e. The number of amides is 3. The molecule has 0 radical (unpaired) electrons. The van der Waals surface area contributed by atoms with E-state index in [1.165, 1.54) is 0 Å². The summed E-state index contributed by atoms with van der Waals surface area (Å²) in [5.74, 6) is -0.504. The Bertz CT molecular complexity index is 460. The molecule has 1 unspecified atom stereocenters. The second-order valence-electron chi connectivity index (χ2n) is 3.60. The van der Waals surface area contributed by atoms with E-state index in [0.29, 0.717) is 5.69 Å². The number of ether oxygens (including phenoxy) is 2. The number of halogens is 1. The molecule has 1 aliphatic heterocycles. The standard InChI is InChI=1S/C11H11IN2O4/c12-7-2-1-3-8(4-7)13-11(16)14-10(15)9-5-17-6-18-9/h1-4,9H,5-6H2,(H2,13,14,15,16). The number of benzene rings is 1. The third-order valence-corrected chi connectivity index (χ3v) is 2.90. The highest BCUT2D eigenvalue weighted by Gasteiger charge is 2.25. The third-order valence-electron chi connectivity index (χ3n) is 2.23. The van der Waals surface area contributed by atoms with Crippen molar-refractivity contribution >= 4 is 40.2 Å². The lowest BCUT2D eigenvalue weighted by Gasteiger charge is -2.09. The van der Waals surface area contributed by atoms with Crippen LogP contribution in [0.3, 0.4) is 0 Å². The van der Waals surface area contributed by atoms with Crippen molar-refractivity contribution in [3.8, 4) is 0 Å². The number of nitrogens with one attached hydrogen (secondary N) is 2. The SMILES string of the molecule is O=C(NC(=O)C1COCO1)Nc1cccc(I)c1. The summed E-state index contributed by atoms with van der Waals surface area (Å²) in [6.45, 7) is 0.249. The van der Waals surface area contributed by atoms with Gasteiger partial charge in [0.15, 0.2) is 6.10 Å². The largest absolute Gasteiger partial charge is 0.352 e. The van der Waals surface area contributed by atoms with Crippen LogP contribution in [0.2, 0.25) is 0 Å². The number of urea groups is 1. The molecule has 2 rings (SSSR count). The minimum absolute atomic E-state index is 0.0799. The smallest absolute Gasteiger partial charge is 0.325 e. The summed E-state index contributed by atoms with van der Waals surface area (Å²) in [5, 5.41) is 4.76. The molecule has 0 saturated carbocycles. The fraction of sp³-hybridized carbons (Fsp3) is 0.273. The fourth-order valence-electron chi connectivity index (χ4n) is 1.41. The summed E-state index contributed by atoms with van der Waals surface area (Å²) in [5.41, 5.74) is 0.621. The topological polar surface area (TPSA) is 76.7 Å². The number of rotatable bonds is 2. The van der Waals surface area contributed by atoms with E-state index in [9.17, 15) is 9.59 Å².